The second-order valence-corrected chi connectivity index (χ2v) is 6.14. The van der Waals surface area contributed by atoms with E-state index >= 15 is 0 Å². The Kier molecular flexibility index (Phi) is 4.72. The Hall–Kier alpha value is -3.74. The van der Waals surface area contributed by atoms with Crippen molar-refractivity contribution in [3.63, 3.8) is 0 Å². The van der Waals surface area contributed by atoms with Crippen LogP contribution in [0.3, 0.4) is 0 Å². The number of halogens is 1. The van der Waals surface area contributed by atoms with Crippen LogP contribution < -0.4 is 5.76 Å². The fourth-order valence-electron chi connectivity index (χ4n) is 2.86. The van der Waals surface area contributed by atoms with Crippen molar-refractivity contribution >= 4 is 16.7 Å². The molecule has 0 aliphatic heterocycles. The predicted molar refractivity (Wildman–Crippen MR) is 99.9 cm³/mol. The van der Waals surface area contributed by atoms with Crippen molar-refractivity contribution in [2.75, 3.05) is 0 Å². The highest BCUT2D eigenvalue weighted by Gasteiger charge is 2.14. The molecule has 0 N–H and O–H groups in total. The van der Waals surface area contributed by atoms with Gasteiger partial charge in [0.15, 0.2) is 0 Å². The number of ether oxygens (including phenoxy) is 1. The van der Waals surface area contributed by atoms with Crippen molar-refractivity contribution in [3.8, 4) is 11.5 Å². The molecule has 0 aliphatic carbocycles. The van der Waals surface area contributed by atoms with Gasteiger partial charge in [0.05, 0.1) is 0 Å². The summed E-state index contributed by atoms with van der Waals surface area (Å²) in [6.07, 6.45) is 0. The highest BCUT2D eigenvalue weighted by molar-refractivity contribution is 5.85. The van der Waals surface area contributed by atoms with Gasteiger partial charge in [-0.3, -0.25) is 4.79 Å². The molecule has 0 unspecified atom stereocenters. The molecule has 1 aromatic heterocycles. The van der Waals surface area contributed by atoms with Crippen molar-refractivity contribution < 1.29 is 18.3 Å². The molecule has 0 bridgehead atoms. The van der Waals surface area contributed by atoms with Gasteiger partial charge in [-0.15, -0.1) is 5.10 Å². The summed E-state index contributed by atoms with van der Waals surface area (Å²) in [5.41, 5.74) is 1.30. The van der Waals surface area contributed by atoms with E-state index in [0.717, 1.165) is 21.0 Å². The number of carbonyl (C=O) groups is 1. The Labute approximate surface area is 158 Å². The molecule has 3 aromatic carbocycles. The highest BCUT2D eigenvalue weighted by atomic mass is 19.1. The number of hydrogen-bond donors (Lipinski definition) is 0. The highest BCUT2D eigenvalue weighted by Crippen LogP contribution is 2.19. The molecule has 0 spiro atoms. The number of hydrogen-bond acceptors (Lipinski definition) is 5. The molecule has 0 saturated heterocycles. The third-order valence-corrected chi connectivity index (χ3v) is 4.24. The molecule has 0 atom stereocenters. The fraction of sp³-hybridized carbons (Fsp3) is 0.0952. The largest absolute Gasteiger partial charge is 0.459 e. The Morgan fingerprint density at radius 3 is 2.61 bits per heavy atom. The summed E-state index contributed by atoms with van der Waals surface area (Å²) >= 11 is 0. The average molecular weight is 378 g/mol. The Morgan fingerprint density at radius 1 is 1.04 bits per heavy atom. The minimum Gasteiger partial charge on any atom is -0.459 e. The molecule has 4 rings (SSSR count). The Bertz CT molecular complexity index is 1190. The zero-order valence-corrected chi connectivity index (χ0v) is 14.7. The number of carbonyl (C=O) groups excluding carboxylic acids is 1. The molecular formula is C21H15FN2O4. The van der Waals surface area contributed by atoms with Gasteiger partial charge in [-0.05, 0) is 40.6 Å². The minimum atomic E-state index is -0.790. The van der Waals surface area contributed by atoms with Crippen LogP contribution in [0.5, 0.6) is 0 Å². The molecule has 0 saturated carbocycles. The number of rotatable bonds is 5. The van der Waals surface area contributed by atoms with Crippen LogP contribution in [0.15, 0.2) is 75.9 Å². The molecule has 7 heteroatoms. The van der Waals surface area contributed by atoms with E-state index in [2.05, 4.69) is 5.10 Å². The van der Waals surface area contributed by atoms with Crippen molar-refractivity contribution in [3.05, 3.63) is 88.7 Å². The van der Waals surface area contributed by atoms with E-state index in [4.69, 9.17) is 9.15 Å². The number of benzene rings is 3. The maximum Gasteiger partial charge on any atom is 0.437 e. The Balaban J connectivity index is 1.45. The van der Waals surface area contributed by atoms with Gasteiger partial charge in [0.2, 0.25) is 5.89 Å². The van der Waals surface area contributed by atoms with Crippen LogP contribution in [-0.4, -0.2) is 15.7 Å². The first-order chi connectivity index (χ1) is 13.6. The lowest BCUT2D eigenvalue weighted by molar-refractivity contribution is -0.146. The summed E-state index contributed by atoms with van der Waals surface area (Å²) in [5.74, 6) is -1.81. The zero-order chi connectivity index (χ0) is 19.5. The minimum absolute atomic E-state index is 0.00635. The second kappa shape index (κ2) is 7.48. The van der Waals surface area contributed by atoms with E-state index in [0.29, 0.717) is 5.56 Å². The SMILES string of the molecule is O=C(Cn1nc(-c2ccc(F)cc2)oc1=O)OCc1cccc2ccccc12. The maximum absolute atomic E-state index is 13.0. The quantitative estimate of drug-likeness (QED) is 0.497. The number of nitrogens with zero attached hydrogens (tertiary/aromatic N) is 2. The van der Waals surface area contributed by atoms with Crippen LogP contribution in [0, 0.1) is 5.82 Å². The first-order valence-electron chi connectivity index (χ1n) is 8.56. The molecule has 0 amide bonds. The third kappa shape index (κ3) is 3.68. The number of aromatic nitrogens is 2. The zero-order valence-electron chi connectivity index (χ0n) is 14.7. The standard InChI is InChI=1S/C21H15FN2O4/c22-17-10-8-15(9-11-17)20-23-24(21(26)28-20)12-19(25)27-13-16-6-3-5-14-4-1-2-7-18(14)16/h1-11H,12-13H2. The van der Waals surface area contributed by atoms with Gasteiger partial charge in [-0.2, -0.15) is 4.68 Å². The lowest BCUT2D eigenvalue weighted by atomic mass is 10.1. The molecule has 0 fully saturated rings. The molecule has 140 valence electrons. The van der Waals surface area contributed by atoms with Crippen LogP contribution in [-0.2, 0) is 22.7 Å². The first-order valence-corrected chi connectivity index (χ1v) is 8.56. The molecule has 0 radical (unpaired) electrons. The molecule has 6 nitrogen and oxygen atoms in total. The topological polar surface area (TPSA) is 74.3 Å². The molecular weight excluding hydrogens is 363 g/mol. The van der Waals surface area contributed by atoms with Gasteiger partial charge in [0, 0.05) is 5.56 Å². The predicted octanol–water partition coefficient (Wildman–Crippen LogP) is 3.54. The van der Waals surface area contributed by atoms with E-state index in [1.807, 2.05) is 42.5 Å². The molecule has 1 heterocycles. The van der Waals surface area contributed by atoms with Gasteiger partial charge >= 0.3 is 11.7 Å². The van der Waals surface area contributed by atoms with Gasteiger partial charge < -0.3 is 9.15 Å². The van der Waals surface area contributed by atoms with Crippen LogP contribution in [0.4, 0.5) is 4.39 Å². The van der Waals surface area contributed by atoms with Gasteiger partial charge in [0.25, 0.3) is 0 Å². The monoisotopic (exact) mass is 378 g/mol. The summed E-state index contributed by atoms with van der Waals surface area (Å²) in [7, 11) is 0. The smallest absolute Gasteiger partial charge is 0.437 e. The summed E-state index contributed by atoms with van der Waals surface area (Å²) in [5, 5.41) is 6.01. The average Bonchev–Trinajstić information content (AvgIpc) is 3.07. The number of esters is 1. The fourth-order valence-corrected chi connectivity index (χ4v) is 2.86. The van der Waals surface area contributed by atoms with Crippen LogP contribution in [0.25, 0.3) is 22.2 Å². The van der Waals surface area contributed by atoms with Crippen molar-refractivity contribution in [2.24, 2.45) is 0 Å². The molecule has 28 heavy (non-hydrogen) atoms. The van der Waals surface area contributed by atoms with E-state index in [9.17, 15) is 14.0 Å². The van der Waals surface area contributed by atoms with E-state index in [1.165, 1.54) is 24.3 Å². The van der Waals surface area contributed by atoms with Gasteiger partial charge in [0.1, 0.15) is 19.0 Å². The summed E-state index contributed by atoms with van der Waals surface area (Å²) in [4.78, 5) is 24.1. The number of fused-ring (bicyclic) bond motifs is 1. The van der Waals surface area contributed by atoms with Crippen LogP contribution >= 0.6 is 0 Å². The van der Waals surface area contributed by atoms with Gasteiger partial charge in [-0.25, -0.2) is 9.18 Å². The van der Waals surface area contributed by atoms with Crippen LogP contribution in [0.2, 0.25) is 0 Å². The van der Waals surface area contributed by atoms with Crippen molar-refractivity contribution in [1.29, 1.82) is 0 Å². The maximum atomic E-state index is 13.0. The molecule has 4 aromatic rings. The normalized spacial score (nSPS) is 10.9. The summed E-state index contributed by atoms with van der Waals surface area (Å²) < 4.78 is 24.2. The van der Waals surface area contributed by atoms with Gasteiger partial charge in [-0.1, -0.05) is 42.5 Å². The van der Waals surface area contributed by atoms with E-state index in [-0.39, 0.29) is 19.0 Å². The first kappa shape index (κ1) is 17.7. The molecule has 0 aliphatic rings. The summed E-state index contributed by atoms with van der Waals surface area (Å²) in [6, 6.07) is 18.9. The van der Waals surface area contributed by atoms with E-state index in [1.54, 1.807) is 0 Å². The van der Waals surface area contributed by atoms with Crippen LogP contribution in [0.1, 0.15) is 5.56 Å². The van der Waals surface area contributed by atoms with Crippen molar-refractivity contribution in [2.45, 2.75) is 13.2 Å². The lowest BCUT2D eigenvalue weighted by Crippen LogP contribution is -2.23. The summed E-state index contributed by atoms with van der Waals surface area (Å²) in [6.45, 7) is -0.300. The second-order valence-electron chi connectivity index (χ2n) is 6.14. The Morgan fingerprint density at radius 2 is 1.79 bits per heavy atom. The lowest BCUT2D eigenvalue weighted by Gasteiger charge is -2.07. The van der Waals surface area contributed by atoms with E-state index < -0.39 is 17.5 Å². The third-order valence-electron chi connectivity index (χ3n) is 4.24. The van der Waals surface area contributed by atoms with Crippen molar-refractivity contribution in [1.82, 2.24) is 9.78 Å².